The summed E-state index contributed by atoms with van der Waals surface area (Å²) < 4.78 is 22.0. The Labute approximate surface area is 81.2 Å². The van der Waals surface area contributed by atoms with Gasteiger partial charge in [-0.05, 0) is 18.6 Å². The Morgan fingerprint density at radius 2 is 2.00 bits per heavy atom. The fraction of sp³-hybridized carbons (Fsp3) is 0.125. The van der Waals surface area contributed by atoms with Gasteiger partial charge in [-0.25, -0.2) is 18.4 Å². The molecule has 0 radical (unpaired) electrons. The maximum absolute atomic E-state index is 11.0. The van der Waals surface area contributed by atoms with E-state index in [1.807, 2.05) is 0 Å². The molecule has 0 amide bonds. The standard InChI is InChI=1S/C8H9NO4S/c1-5-3-2-4-6(14(9,12)13)7(5)8(10)11/h2-4H,1H3,(H,10,11)(H2,9,12,13). The topological polar surface area (TPSA) is 97.5 Å². The number of aryl methyl sites for hydroxylation is 1. The van der Waals surface area contributed by atoms with Crippen molar-refractivity contribution in [2.24, 2.45) is 5.14 Å². The van der Waals surface area contributed by atoms with Crippen LogP contribution in [0.5, 0.6) is 0 Å². The van der Waals surface area contributed by atoms with E-state index in [0.717, 1.165) is 0 Å². The average Bonchev–Trinajstić information content (AvgIpc) is 2.01. The first-order valence-electron chi connectivity index (χ1n) is 3.69. The first kappa shape index (κ1) is 10.7. The van der Waals surface area contributed by atoms with Crippen LogP contribution in [0.1, 0.15) is 15.9 Å². The van der Waals surface area contributed by atoms with Gasteiger partial charge in [0.2, 0.25) is 10.0 Å². The summed E-state index contributed by atoms with van der Waals surface area (Å²) in [4.78, 5) is 10.4. The van der Waals surface area contributed by atoms with E-state index in [0.29, 0.717) is 5.56 Å². The van der Waals surface area contributed by atoms with Crippen LogP contribution >= 0.6 is 0 Å². The smallest absolute Gasteiger partial charge is 0.337 e. The van der Waals surface area contributed by atoms with Crippen LogP contribution in [0.4, 0.5) is 0 Å². The van der Waals surface area contributed by atoms with Crippen LogP contribution in [-0.4, -0.2) is 19.5 Å². The number of carbonyl (C=O) groups is 1. The number of benzene rings is 1. The normalized spacial score (nSPS) is 11.3. The molecule has 0 heterocycles. The van der Waals surface area contributed by atoms with Crippen molar-refractivity contribution < 1.29 is 18.3 Å². The number of carboxylic acids is 1. The fourth-order valence-corrected chi connectivity index (χ4v) is 1.95. The number of aromatic carboxylic acids is 1. The lowest BCUT2D eigenvalue weighted by Crippen LogP contribution is -2.17. The molecule has 0 saturated carbocycles. The minimum atomic E-state index is -3.98. The predicted octanol–water partition coefficient (Wildman–Crippen LogP) is 0.341. The number of carboxylic acid groups (broad SMARTS) is 1. The molecule has 6 heteroatoms. The minimum absolute atomic E-state index is 0.269. The average molecular weight is 215 g/mol. The highest BCUT2D eigenvalue weighted by Gasteiger charge is 2.20. The van der Waals surface area contributed by atoms with Crippen LogP contribution in [-0.2, 0) is 10.0 Å². The fourth-order valence-electron chi connectivity index (χ4n) is 1.15. The molecule has 5 nitrogen and oxygen atoms in total. The van der Waals surface area contributed by atoms with Gasteiger partial charge in [-0.2, -0.15) is 0 Å². The van der Waals surface area contributed by atoms with Crippen LogP contribution < -0.4 is 5.14 Å². The van der Waals surface area contributed by atoms with E-state index in [1.165, 1.54) is 25.1 Å². The highest BCUT2D eigenvalue weighted by atomic mass is 32.2. The van der Waals surface area contributed by atoms with E-state index in [9.17, 15) is 13.2 Å². The maximum atomic E-state index is 11.0. The van der Waals surface area contributed by atoms with Crippen molar-refractivity contribution >= 4 is 16.0 Å². The van der Waals surface area contributed by atoms with Crippen LogP contribution in [0.2, 0.25) is 0 Å². The van der Waals surface area contributed by atoms with Crippen molar-refractivity contribution in [2.75, 3.05) is 0 Å². The summed E-state index contributed by atoms with van der Waals surface area (Å²) in [7, 11) is -3.98. The van der Waals surface area contributed by atoms with Gasteiger partial charge in [0.1, 0.15) is 0 Å². The lowest BCUT2D eigenvalue weighted by atomic mass is 10.1. The number of rotatable bonds is 2. The largest absolute Gasteiger partial charge is 0.478 e. The predicted molar refractivity (Wildman–Crippen MR) is 49.5 cm³/mol. The van der Waals surface area contributed by atoms with E-state index >= 15 is 0 Å². The van der Waals surface area contributed by atoms with Gasteiger partial charge in [-0.1, -0.05) is 12.1 Å². The molecular formula is C8H9NO4S. The third kappa shape index (κ3) is 1.91. The Morgan fingerprint density at radius 1 is 1.43 bits per heavy atom. The lowest BCUT2D eigenvalue weighted by Gasteiger charge is -2.05. The zero-order chi connectivity index (χ0) is 10.9. The van der Waals surface area contributed by atoms with E-state index in [1.54, 1.807) is 0 Å². The van der Waals surface area contributed by atoms with Crippen LogP contribution in [0, 0.1) is 6.92 Å². The van der Waals surface area contributed by atoms with Crippen LogP contribution in [0.25, 0.3) is 0 Å². The second-order valence-corrected chi connectivity index (χ2v) is 4.33. The first-order valence-corrected chi connectivity index (χ1v) is 5.24. The number of hydrogen-bond acceptors (Lipinski definition) is 3. The molecule has 76 valence electrons. The van der Waals surface area contributed by atoms with Gasteiger partial charge >= 0.3 is 5.97 Å². The third-order valence-corrected chi connectivity index (χ3v) is 2.71. The molecule has 0 atom stereocenters. The summed E-state index contributed by atoms with van der Waals surface area (Å²) in [6.07, 6.45) is 0. The summed E-state index contributed by atoms with van der Waals surface area (Å²) in [6.45, 7) is 1.51. The first-order chi connectivity index (χ1) is 6.34. The summed E-state index contributed by atoms with van der Waals surface area (Å²) in [6, 6.07) is 4.13. The van der Waals surface area contributed by atoms with Gasteiger partial charge in [0.15, 0.2) is 0 Å². The summed E-state index contributed by atoms with van der Waals surface area (Å²) in [5.74, 6) is -1.30. The maximum Gasteiger partial charge on any atom is 0.337 e. The van der Waals surface area contributed by atoms with Gasteiger partial charge in [-0.15, -0.1) is 0 Å². The molecular weight excluding hydrogens is 206 g/mol. The third-order valence-electron chi connectivity index (χ3n) is 1.75. The van der Waals surface area contributed by atoms with Crippen molar-refractivity contribution in [1.82, 2.24) is 0 Å². The molecule has 0 fully saturated rings. The minimum Gasteiger partial charge on any atom is -0.478 e. The number of sulfonamides is 1. The van der Waals surface area contributed by atoms with E-state index < -0.39 is 16.0 Å². The SMILES string of the molecule is Cc1cccc(S(N)(=O)=O)c1C(=O)O. The molecule has 0 spiro atoms. The molecule has 0 aliphatic carbocycles. The molecule has 3 N–H and O–H groups in total. The Balaban J connectivity index is 3.61. The van der Waals surface area contributed by atoms with Crippen molar-refractivity contribution in [3.63, 3.8) is 0 Å². The second kappa shape index (κ2) is 3.39. The van der Waals surface area contributed by atoms with Gasteiger partial charge in [-0.3, -0.25) is 0 Å². The lowest BCUT2D eigenvalue weighted by molar-refractivity contribution is 0.0692. The number of hydrogen-bond donors (Lipinski definition) is 2. The van der Waals surface area contributed by atoms with Gasteiger partial charge in [0.25, 0.3) is 0 Å². The van der Waals surface area contributed by atoms with Crippen molar-refractivity contribution in [2.45, 2.75) is 11.8 Å². The Kier molecular flexibility index (Phi) is 2.59. The monoisotopic (exact) mass is 215 g/mol. The highest BCUT2D eigenvalue weighted by Crippen LogP contribution is 2.17. The molecule has 1 aromatic carbocycles. The summed E-state index contributed by atoms with van der Waals surface area (Å²) >= 11 is 0. The highest BCUT2D eigenvalue weighted by molar-refractivity contribution is 7.89. The molecule has 1 aromatic rings. The molecule has 0 bridgehead atoms. The Bertz CT molecular complexity index is 478. The van der Waals surface area contributed by atoms with E-state index in [4.69, 9.17) is 10.2 Å². The second-order valence-electron chi connectivity index (χ2n) is 2.80. The number of nitrogens with two attached hydrogens (primary N) is 1. The van der Waals surface area contributed by atoms with Gasteiger partial charge < -0.3 is 5.11 Å². The van der Waals surface area contributed by atoms with Crippen LogP contribution in [0.15, 0.2) is 23.1 Å². The molecule has 0 aliphatic rings. The zero-order valence-corrected chi connectivity index (χ0v) is 8.21. The Hall–Kier alpha value is -1.40. The summed E-state index contributed by atoms with van der Waals surface area (Å²) in [5.41, 5.74) is 0.0963. The van der Waals surface area contributed by atoms with E-state index in [2.05, 4.69) is 0 Å². The molecule has 1 rings (SSSR count). The van der Waals surface area contributed by atoms with Crippen molar-refractivity contribution in [3.05, 3.63) is 29.3 Å². The quantitative estimate of drug-likeness (QED) is 0.743. The van der Waals surface area contributed by atoms with E-state index in [-0.39, 0.29) is 10.5 Å². The van der Waals surface area contributed by atoms with Gasteiger partial charge in [0, 0.05) is 0 Å². The molecule has 0 aliphatic heterocycles. The van der Waals surface area contributed by atoms with Gasteiger partial charge in [0.05, 0.1) is 10.5 Å². The van der Waals surface area contributed by atoms with Crippen molar-refractivity contribution in [1.29, 1.82) is 0 Å². The van der Waals surface area contributed by atoms with Crippen LogP contribution in [0.3, 0.4) is 0 Å². The number of primary sulfonamides is 1. The molecule has 14 heavy (non-hydrogen) atoms. The molecule has 0 aromatic heterocycles. The zero-order valence-electron chi connectivity index (χ0n) is 7.39. The molecule has 0 saturated heterocycles. The molecule has 0 unspecified atom stereocenters. The van der Waals surface area contributed by atoms with Crippen molar-refractivity contribution in [3.8, 4) is 0 Å². The summed E-state index contributed by atoms with van der Waals surface area (Å²) in [5, 5.41) is 13.7. The Morgan fingerprint density at radius 3 is 2.36 bits per heavy atom.